The SMILES string of the molecule is C[C@@H](OCc1ccc(N2CCC(CCC(=O)O)CC2)cc1)[C@H](CCC(N)=O)NC(=O)OC(C)(C)C. The lowest BCUT2D eigenvalue weighted by Gasteiger charge is -2.33. The minimum atomic E-state index is -0.723. The van der Waals surface area contributed by atoms with Crippen LogP contribution in [0.1, 0.15) is 71.8 Å². The molecule has 1 aliphatic rings. The van der Waals surface area contributed by atoms with Crippen molar-refractivity contribution >= 4 is 23.7 Å². The summed E-state index contributed by atoms with van der Waals surface area (Å²) in [4.78, 5) is 36.6. The van der Waals surface area contributed by atoms with E-state index in [2.05, 4.69) is 22.3 Å². The summed E-state index contributed by atoms with van der Waals surface area (Å²) in [5.74, 6) is -0.678. The van der Waals surface area contributed by atoms with E-state index in [0.717, 1.165) is 43.6 Å². The number of carboxylic acids is 1. The minimum absolute atomic E-state index is 0.135. The number of alkyl carbamates (subject to hydrolysis) is 1. The summed E-state index contributed by atoms with van der Waals surface area (Å²) in [5, 5.41) is 11.7. The number of primary amides is 1. The fourth-order valence-electron chi connectivity index (χ4n) is 4.14. The highest BCUT2D eigenvalue weighted by atomic mass is 16.6. The zero-order chi connectivity index (χ0) is 26.0. The van der Waals surface area contributed by atoms with Crippen molar-refractivity contribution in [2.75, 3.05) is 18.0 Å². The van der Waals surface area contributed by atoms with Crippen molar-refractivity contribution in [3.63, 3.8) is 0 Å². The number of amides is 2. The molecule has 9 nitrogen and oxygen atoms in total. The number of aliphatic carboxylic acids is 1. The van der Waals surface area contributed by atoms with Gasteiger partial charge >= 0.3 is 12.1 Å². The number of piperidine rings is 1. The Morgan fingerprint density at radius 3 is 2.31 bits per heavy atom. The third kappa shape index (κ3) is 11.0. The molecule has 0 radical (unpaired) electrons. The van der Waals surface area contributed by atoms with Gasteiger partial charge in [-0.05, 0) is 77.0 Å². The van der Waals surface area contributed by atoms with Crippen LogP contribution in [0.5, 0.6) is 0 Å². The van der Waals surface area contributed by atoms with Crippen LogP contribution in [0, 0.1) is 5.92 Å². The summed E-state index contributed by atoms with van der Waals surface area (Å²) in [6, 6.07) is 7.78. The number of hydrogen-bond acceptors (Lipinski definition) is 6. The average molecular weight is 492 g/mol. The molecule has 1 aromatic carbocycles. The molecule has 1 fully saturated rings. The van der Waals surface area contributed by atoms with Crippen LogP contribution in [0.4, 0.5) is 10.5 Å². The first kappa shape index (κ1) is 28.4. The van der Waals surface area contributed by atoms with Gasteiger partial charge in [0.25, 0.3) is 0 Å². The van der Waals surface area contributed by atoms with Crippen LogP contribution in [0.3, 0.4) is 0 Å². The Bertz CT molecular complexity index is 828. The van der Waals surface area contributed by atoms with Crippen LogP contribution in [0.15, 0.2) is 24.3 Å². The number of ether oxygens (including phenoxy) is 2. The zero-order valence-electron chi connectivity index (χ0n) is 21.4. The van der Waals surface area contributed by atoms with Crippen molar-refractivity contribution in [1.82, 2.24) is 5.32 Å². The number of anilines is 1. The van der Waals surface area contributed by atoms with Gasteiger partial charge in [-0.1, -0.05) is 12.1 Å². The number of carboxylic acid groups (broad SMARTS) is 1. The van der Waals surface area contributed by atoms with E-state index in [-0.39, 0.29) is 18.9 Å². The highest BCUT2D eigenvalue weighted by Crippen LogP contribution is 2.26. The van der Waals surface area contributed by atoms with Crippen LogP contribution >= 0.6 is 0 Å². The monoisotopic (exact) mass is 491 g/mol. The van der Waals surface area contributed by atoms with Crippen molar-refractivity contribution in [2.45, 2.75) is 90.6 Å². The molecule has 2 atom stereocenters. The molecule has 0 aliphatic carbocycles. The first-order valence-electron chi connectivity index (χ1n) is 12.4. The molecule has 1 aromatic rings. The second kappa shape index (κ2) is 13.3. The normalized spacial score (nSPS) is 16.4. The molecule has 1 heterocycles. The van der Waals surface area contributed by atoms with E-state index in [1.165, 1.54) is 0 Å². The van der Waals surface area contributed by atoms with Crippen LogP contribution < -0.4 is 16.0 Å². The van der Waals surface area contributed by atoms with Gasteiger partial charge in [-0.15, -0.1) is 0 Å². The number of nitrogens with one attached hydrogen (secondary N) is 1. The van der Waals surface area contributed by atoms with Gasteiger partial charge in [0, 0.05) is 31.6 Å². The predicted molar refractivity (Wildman–Crippen MR) is 134 cm³/mol. The Morgan fingerprint density at radius 2 is 1.77 bits per heavy atom. The van der Waals surface area contributed by atoms with Gasteiger partial charge in [0.05, 0.1) is 18.8 Å². The summed E-state index contributed by atoms with van der Waals surface area (Å²) in [6.07, 6.45) is 2.59. The first-order valence-corrected chi connectivity index (χ1v) is 12.4. The van der Waals surface area contributed by atoms with Gasteiger partial charge in [0.1, 0.15) is 5.60 Å². The molecule has 0 aromatic heterocycles. The number of benzene rings is 1. The Labute approximate surface area is 208 Å². The second-order valence-electron chi connectivity index (χ2n) is 10.3. The van der Waals surface area contributed by atoms with Gasteiger partial charge in [-0.2, -0.15) is 0 Å². The number of carbonyl (C=O) groups excluding carboxylic acids is 2. The van der Waals surface area contributed by atoms with E-state index in [4.69, 9.17) is 20.3 Å². The van der Waals surface area contributed by atoms with Crippen molar-refractivity contribution in [2.24, 2.45) is 11.7 Å². The predicted octanol–water partition coefficient (Wildman–Crippen LogP) is 3.83. The van der Waals surface area contributed by atoms with E-state index in [1.807, 2.05) is 19.1 Å². The first-order chi connectivity index (χ1) is 16.4. The molecular weight excluding hydrogens is 450 g/mol. The molecule has 1 saturated heterocycles. The summed E-state index contributed by atoms with van der Waals surface area (Å²) in [5.41, 5.74) is 6.82. The van der Waals surface area contributed by atoms with E-state index >= 15 is 0 Å². The standard InChI is InChI=1S/C26H41N3O6/c1-18(22(10-11-23(27)30)28-25(33)35-26(2,3)4)34-17-20-5-8-21(9-6-20)29-15-13-19(14-16-29)7-12-24(31)32/h5-6,8-9,18-19,22H,7,10-17H2,1-4H3,(H2,27,30)(H,28,33)(H,31,32)/t18-,22+/m1/s1. The summed E-state index contributed by atoms with van der Waals surface area (Å²) in [6.45, 7) is 9.43. The van der Waals surface area contributed by atoms with Gasteiger partial charge in [-0.3, -0.25) is 9.59 Å². The smallest absolute Gasteiger partial charge is 0.407 e. The Balaban J connectivity index is 1.86. The van der Waals surface area contributed by atoms with Gasteiger partial charge in [-0.25, -0.2) is 4.79 Å². The molecule has 35 heavy (non-hydrogen) atoms. The maximum Gasteiger partial charge on any atom is 0.407 e. The number of rotatable bonds is 12. The lowest BCUT2D eigenvalue weighted by Crippen LogP contribution is -2.45. The highest BCUT2D eigenvalue weighted by Gasteiger charge is 2.25. The molecule has 4 N–H and O–H groups in total. The summed E-state index contributed by atoms with van der Waals surface area (Å²) in [7, 11) is 0. The van der Waals surface area contributed by atoms with Gasteiger partial charge in [0.2, 0.25) is 5.91 Å². The molecule has 0 unspecified atom stereocenters. The molecular formula is C26H41N3O6. The Kier molecular flexibility index (Phi) is 10.8. The van der Waals surface area contributed by atoms with Crippen LogP contribution in [-0.2, 0) is 25.7 Å². The maximum absolute atomic E-state index is 12.2. The largest absolute Gasteiger partial charge is 0.481 e. The van der Waals surface area contributed by atoms with Crippen LogP contribution in [0.2, 0.25) is 0 Å². The Morgan fingerprint density at radius 1 is 1.14 bits per heavy atom. The second-order valence-corrected chi connectivity index (χ2v) is 10.3. The van der Waals surface area contributed by atoms with Gasteiger partial charge in [0.15, 0.2) is 0 Å². The summed E-state index contributed by atoms with van der Waals surface area (Å²) < 4.78 is 11.4. The van der Waals surface area contributed by atoms with Crippen molar-refractivity contribution in [1.29, 1.82) is 0 Å². The van der Waals surface area contributed by atoms with E-state index in [1.54, 1.807) is 20.8 Å². The van der Waals surface area contributed by atoms with Crippen molar-refractivity contribution < 1.29 is 29.0 Å². The van der Waals surface area contributed by atoms with Crippen LogP contribution in [0.25, 0.3) is 0 Å². The molecule has 9 heteroatoms. The van der Waals surface area contributed by atoms with E-state index in [0.29, 0.717) is 18.9 Å². The van der Waals surface area contributed by atoms with Gasteiger partial charge < -0.3 is 30.5 Å². The molecule has 196 valence electrons. The maximum atomic E-state index is 12.2. The van der Waals surface area contributed by atoms with E-state index in [9.17, 15) is 14.4 Å². The number of carbonyl (C=O) groups is 3. The average Bonchev–Trinajstić information content (AvgIpc) is 2.78. The zero-order valence-corrected chi connectivity index (χ0v) is 21.4. The molecule has 0 saturated carbocycles. The van der Waals surface area contributed by atoms with Crippen LogP contribution in [-0.4, -0.2) is 53.9 Å². The van der Waals surface area contributed by atoms with E-state index < -0.39 is 29.6 Å². The molecule has 0 spiro atoms. The topological polar surface area (TPSA) is 131 Å². The summed E-state index contributed by atoms with van der Waals surface area (Å²) >= 11 is 0. The fraction of sp³-hybridized carbons (Fsp3) is 0.654. The van der Waals surface area contributed by atoms with Crippen molar-refractivity contribution in [3.05, 3.63) is 29.8 Å². The lowest BCUT2D eigenvalue weighted by atomic mass is 9.92. The lowest BCUT2D eigenvalue weighted by molar-refractivity contribution is -0.137. The molecule has 1 aliphatic heterocycles. The third-order valence-electron chi connectivity index (χ3n) is 6.17. The Hall–Kier alpha value is -2.81. The number of hydrogen-bond donors (Lipinski definition) is 3. The van der Waals surface area contributed by atoms with Crippen molar-refractivity contribution in [3.8, 4) is 0 Å². The highest BCUT2D eigenvalue weighted by molar-refractivity contribution is 5.74. The molecule has 2 rings (SSSR count). The quantitative estimate of drug-likeness (QED) is 0.405. The molecule has 0 bridgehead atoms. The minimum Gasteiger partial charge on any atom is -0.481 e. The fourth-order valence-corrected chi connectivity index (χ4v) is 4.14. The molecule has 2 amide bonds. The number of nitrogens with zero attached hydrogens (tertiary/aromatic N) is 1. The third-order valence-corrected chi connectivity index (χ3v) is 6.17. The number of nitrogens with two attached hydrogens (primary N) is 1.